The Morgan fingerprint density at radius 1 is 1.19 bits per heavy atom. The number of hydrogen-bond acceptors (Lipinski definition) is 2. The molecule has 138 valence electrons. The van der Waals surface area contributed by atoms with Gasteiger partial charge in [0.15, 0.2) is 0 Å². The van der Waals surface area contributed by atoms with E-state index in [0.717, 1.165) is 31.6 Å². The van der Waals surface area contributed by atoms with Crippen LogP contribution in [0.4, 0.5) is 16.2 Å². The molecule has 2 aromatic rings. The number of hydrogen-bond donors (Lipinski definition) is 2. The molecular formula is C21H26ClN3O. The summed E-state index contributed by atoms with van der Waals surface area (Å²) < 4.78 is 0. The molecule has 2 amide bonds. The molecule has 0 aliphatic carbocycles. The first-order valence-electron chi connectivity index (χ1n) is 9.33. The molecule has 1 heterocycles. The fourth-order valence-corrected chi connectivity index (χ4v) is 3.54. The Morgan fingerprint density at radius 3 is 2.77 bits per heavy atom. The lowest BCUT2D eigenvalue weighted by molar-refractivity contribution is 0.252. The number of nitrogens with one attached hydrogen (secondary N) is 2. The molecule has 1 aliphatic rings. The average molecular weight is 372 g/mol. The van der Waals surface area contributed by atoms with Crippen molar-refractivity contribution in [3.05, 3.63) is 58.6 Å². The first-order chi connectivity index (χ1) is 12.7. The van der Waals surface area contributed by atoms with E-state index in [0.29, 0.717) is 11.6 Å². The van der Waals surface area contributed by atoms with Crippen LogP contribution in [0.15, 0.2) is 42.5 Å². The zero-order valence-corrected chi connectivity index (χ0v) is 16.0. The third-order valence-electron chi connectivity index (χ3n) is 4.65. The minimum atomic E-state index is -0.195. The Labute approximate surface area is 160 Å². The van der Waals surface area contributed by atoms with E-state index in [2.05, 4.69) is 40.7 Å². The number of nitrogens with zero attached hydrogens (tertiary/aromatic N) is 1. The van der Waals surface area contributed by atoms with Gasteiger partial charge in [0.1, 0.15) is 0 Å². The van der Waals surface area contributed by atoms with Crippen LogP contribution in [0.25, 0.3) is 0 Å². The summed E-state index contributed by atoms with van der Waals surface area (Å²) in [6.07, 6.45) is 4.37. The van der Waals surface area contributed by atoms with Crippen molar-refractivity contribution in [3.63, 3.8) is 0 Å². The molecular weight excluding hydrogens is 346 g/mol. The normalized spacial score (nSPS) is 13.2. The zero-order chi connectivity index (χ0) is 18.4. The van der Waals surface area contributed by atoms with Gasteiger partial charge in [0.2, 0.25) is 0 Å². The van der Waals surface area contributed by atoms with Gasteiger partial charge in [-0.05, 0) is 67.1 Å². The van der Waals surface area contributed by atoms with Gasteiger partial charge in [0.25, 0.3) is 0 Å². The van der Waals surface area contributed by atoms with Crippen LogP contribution in [0.1, 0.15) is 30.9 Å². The molecule has 2 aromatic carbocycles. The molecule has 3 rings (SSSR count). The van der Waals surface area contributed by atoms with E-state index in [1.54, 1.807) is 24.3 Å². The van der Waals surface area contributed by atoms with Gasteiger partial charge in [0.05, 0.1) is 0 Å². The maximum Gasteiger partial charge on any atom is 0.319 e. The first kappa shape index (κ1) is 18.6. The van der Waals surface area contributed by atoms with Crippen molar-refractivity contribution >= 4 is 29.0 Å². The van der Waals surface area contributed by atoms with Gasteiger partial charge in [-0.1, -0.05) is 30.7 Å². The number of urea groups is 1. The number of anilines is 2. The fourth-order valence-electron chi connectivity index (χ4n) is 3.41. The van der Waals surface area contributed by atoms with Crippen LogP contribution in [-0.4, -0.2) is 25.7 Å². The van der Waals surface area contributed by atoms with E-state index in [9.17, 15) is 4.79 Å². The Kier molecular flexibility index (Phi) is 6.40. The Balaban J connectivity index is 1.50. The summed E-state index contributed by atoms with van der Waals surface area (Å²) in [6.45, 7) is 5.12. The summed E-state index contributed by atoms with van der Waals surface area (Å²) in [4.78, 5) is 14.5. The van der Waals surface area contributed by atoms with Crippen molar-refractivity contribution < 1.29 is 4.79 Å². The number of carbonyl (C=O) groups is 1. The summed E-state index contributed by atoms with van der Waals surface area (Å²) in [5.41, 5.74) is 4.83. The van der Waals surface area contributed by atoms with Crippen molar-refractivity contribution in [1.82, 2.24) is 5.32 Å². The Bertz CT molecular complexity index is 745. The van der Waals surface area contributed by atoms with Gasteiger partial charge in [-0.2, -0.15) is 0 Å². The molecule has 0 saturated heterocycles. The number of carbonyl (C=O) groups excluding carboxylic acids is 1. The maximum atomic E-state index is 12.0. The molecule has 1 aliphatic heterocycles. The molecule has 0 atom stereocenters. The van der Waals surface area contributed by atoms with E-state index in [1.807, 2.05) is 0 Å². The van der Waals surface area contributed by atoms with Gasteiger partial charge in [-0.15, -0.1) is 0 Å². The maximum absolute atomic E-state index is 12.0. The summed E-state index contributed by atoms with van der Waals surface area (Å²) >= 11 is 5.85. The fraction of sp³-hybridized carbons (Fsp3) is 0.381. The smallest absolute Gasteiger partial charge is 0.319 e. The summed E-state index contributed by atoms with van der Waals surface area (Å²) in [5.74, 6) is 0. The summed E-state index contributed by atoms with van der Waals surface area (Å²) in [7, 11) is 0. The average Bonchev–Trinajstić information content (AvgIpc) is 2.64. The molecule has 0 radical (unpaired) electrons. The highest BCUT2D eigenvalue weighted by Gasteiger charge is 2.16. The zero-order valence-electron chi connectivity index (χ0n) is 15.2. The van der Waals surface area contributed by atoms with Crippen molar-refractivity contribution in [3.8, 4) is 0 Å². The second-order valence-corrected chi connectivity index (χ2v) is 7.13. The minimum absolute atomic E-state index is 0.195. The van der Waals surface area contributed by atoms with Gasteiger partial charge in [0, 0.05) is 36.0 Å². The molecule has 0 spiro atoms. The third-order valence-corrected chi connectivity index (χ3v) is 4.91. The van der Waals surface area contributed by atoms with Gasteiger partial charge in [-0.25, -0.2) is 4.79 Å². The van der Waals surface area contributed by atoms with Crippen LogP contribution in [0, 0.1) is 0 Å². The van der Waals surface area contributed by atoms with E-state index >= 15 is 0 Å². The van der Waals surface area contributed by atoms with Crippen molar-refractivity contribution in [1.29, 1.82) is 0 Å². The topological polar surface area (TPSA) is 44.4 Å². The first-order valence-corrected chi connectivity index (χ1v) is 9.70. The molecule has 5 heteroatoms. The molecule has 0 unspecified atom stereocenters. The summed E-state index contributed by atoms with van der Waals surface area (Å²) in [5, 5.41) is 6.37. The standard InChI is InChI=1S/C21H26ClN3O/c1-2-13-25-14-3-4-17-15-16(5-10-20(17)25)11-12-23-21(26)24-19-8-6-18(22)7-9-19/h5-10,15H,2-4,11-14H2,1H3,(H2,23,24,26). The van der Waals surface area contributed by atoms with Crippen LogP contribution < -0.4 is 15.5 Å². The molecule has 0 bridgehead atoms. The Hall–Kier alpha value is -2.20. The minimum Gasteiger partial charge on any atom is -0.371 e. The largest absolute Gasteiger partial charge is 0.371 e. The van der Waals surface area contributed by atoms with Crippen molar-refractivity contribution in [2.75, 3.05) is 29.9 Å². The predicted molar refractivity (Wildman–Crippen MR) is 109 cm³/mol. The SMILES string of the molecule is CCCN1CCCc2cc(CCNC(=O)Nc3ccc(Cl)cc3)ccc21. The second kappa shape index (κ2) is 8.95. The number of fused-ring (bicyclic) bond motifs is 1. The van der Waals surface area contributed by atoms with Crippen molar-refractivity contribution in [2.24, 2.45) is 0 Å². The Morgan fingerprint density at radius 2 is 2.00 bits per heavy atom. The van der Waals surface area contributed by atoms with E-state index < -0.39 is 0 Å². The molecule has 0 saturated carbocycles. The van der Waals surface area contributed by atoms with Crippen LogP contribution in [0.5, 0.6) is 0 Å². The molecule has 4 nitrogen and oxygen atoms in total. The second-order valence-electron chi connectivity index (χ2n) is 6.69. The lowest BCUT2D eigenvalue weighted by Crippen LogP contribution is -2.31. The number of benzene rings is 2. The molecule has 26 heavy (non-hydrogen) atoms. The summed E-state index contributed by atoms with van der Waals surface area (Å²) in [6, 6.07) is 13.6. The van der Waals surface area contributed by atoms with Crippen LogP contribution in [0.2, 0.25) is 5.02 Å². The van der Waals surface area contributed by atoms with E-state index in [-0.39, 0.29) is 6.03 Å². The highest BCUT2D eigenvalue weighted by Crippen LogP contribution is 2.28. The number of aryl methyl sites for hydroxylation is 1. The number of halogens is 1. The number of amides is 2. The van der Waals surface area contributed by atoms with Crippen molar-refractivity contribution in [2.45, 2.75) is 32.6 Å². The van der Waals surface area contributed by atoms with Crippen LogP contribution >= 0.6 is 11.6 Å². The van der Waals surface area contributed by atoms with E-state index in [4.69, 9.17) is 11.6 Å². The highest BCUT2D eigenvalue weighted by atomic mass is 35.5. The monoisotopic (exact) mass is 371 g/mol. The highest BCUT2D eigenvalue weighted by molar-refractivity contribution is 6.30. The van der Waals surface area contributed by atoms with Crippen LogP contribution in [0.3, 0.4) is 0 Å². The van der Waals surface area contributed by atoms with E-state index in [1.165, 1.54) is 29.7 Å². The lowest BCUT2D eigenvalue weighted by atomic mass is 9.98. The predicted octanol–water partition coefficient (Wildman–Crippen LogP) is 4.87. The van der Waals surface area contributed by atoms with Gasteiger partial charge < -0.3 is 15.5 Å². The number of rotatable bonds is 6. The quantitative estimate of drug-likeness (QED) is 0.761. The molecule has 0 aromatic heterocycles. The van der Waals surface area contributed by atoms with Gasteiger partial charge >= 0.3 is 6.03 Å². The molecule has 0 fully saturated rings. The van der Waals surface area contributed by atoms with Crippen LogP contribution in [-0.2, 0) is 12.8 Å². The van der Waals surface area contributed by atoms with Gasteiger partial charge in [-0.3, -0.25) is 0 Å². The molecule has 2 N–H and O–H groups in total. The lowest BCUT2D eigenvalue weighted by Gasteiger charge is -2.31. The third kappa shape index (κ3) is 4.92.